The van der Waals surface area contributed by atoms with Crippen molar-refractivity contribution >= 4 is 11.6 Å². The first-order valence-electron chi connectivity index (χ1n) is 10.6. The summed E-state index contributed by atoms with van der Waals surface area (Å²) >= 11 is 0. The van der Waals surface area contributed by atoms with Gasteiger partial charge in [-0.2, -0.15) is 0 Å². The highest BCUT2D eigenvalue weighted by molar-refractivity contribution is 6.16. The lowest BCUT2D eigenvalue weighted by Crippen LogP contribution is -2.19. The van der Waals surface area contributed by atoms with E-state index in [9.17, 15) is 4.79 Å². The van der Waals surface area contributed by atoms with E-state index in [-0.39, 0.29) is 6.04 Å². The molecule has 2 aliphatic rings. The van der Waals surface area contributed by atoms with Crippen molar-refractivity contribution < 1.29 is 4.79 Å². The molecule has 152 valence electrons. The van der Waals surface area contributed by atoms with E-state index in [2.05, 4.69) is 49.2 Å². The molecule has 1 fully saturated rings. The lowest BCUT2D eigenvalue weighted by Gasteiger charge is -2.33. The van der Waals surface area contributed by atoms with Gasteiger partial charge in [-0.1, -0.05) is 37.3 Å². The normalized spacial score (nSPS) is 22.4. The fourth-order valence-corrected chi connectivity index (χ4v) is 4.90. The quantitative estimate of drug-likeness (QED) is 0.694. The highest BCUT2D eigenvalue weighted by Gasteiger charge is 2.31. The average Bonchev–Trinajstić information content (AvgIpc) is 3.11. The first kappa shape index (κ1) is 18.8. The summed E-state index contributed by atoms with van der Waals surface area (Å²) in [5.74, 6) is 0.871. The van der Waals surface area contributed by atoms with Crippen LogP contribution in [0.4, 0.5) is 0 Å². The van der Waals surface area contributed by atoms with Gasteiger partial charge in [-0.15, -0.1) is 0 Å². The zero-order valence-electron chi connectivity index (χ0n) is 17.6. The summed E-state index contributed by atoms with van der Waals surface area (Å²) in [6, 6.07) is 14.7. The van der Waals surface area contributed by atoms with Crippen LogP contribution in [0.5, 0.6) is 0 Å². The van der Waals surface area contributed by atoms with Gasteiger partial charge in [0.1, 0.15) is 6.33 Å². The van der Waals surface area contributed by atoms with Crippen LogP contribution in [0.15, 0.2) is 53.8 Å². The smallest absolute Gasteiger partial charge is 0.269 e. The van der Waals surface area contributed by atoms with Crippen molar-refractivity contribution in [3.05, 3.63) is 82.4 Å². The number of hydrogen-bond donors (Lipinski definition) is 1. The van der Waals surface area contributed by atoms with Gasteiger partial charge < -0.3 is 5.73 Å². The SMILES string of the molecule is Cc1ccccc1C1=NC(C)c2c(C(N)=O)ncn2-c2ccc(C3CC(C)C3)cc21. The maximum atomic E-state index is 12.0. The molecule has 0 radical (unpaired) electrons. The summed E-state index contributed by atoms with van der Waals surface area (Å²) in [4.78, 5) is 21.5. The minimum absolute atomic E-state index is 0.246. The number of fused-ring (bicyclic) bond motifs is 3. The van der Waals surface area contributed by atoms with Crippen LogP contribution >= 0.6 is 0 Å². The van der Waals surface area contributed by atoms with E-state index in [1.54, 1.807) is 6.33 Å². The molecule has 2 aromatic carbocycles. The molecule has 5 heteroatoms. The Morgan fingerprint density at radius 3 is 2.57 bits per heavy atom. The third-order valence-corrected chi connectivity index (χ3v) is 6.54. The van der Waals surface area contributed by atoms with Gasteiger partial charge in [0.25, 0.3) is 5.91 Å². The van der Waals surface area contributed by atoms with Crippen LogP contribution in [0.1, 0.15) is 77.1 Å². The Kier molecular flexibility index (Phi) is 4.35. The predicted octanol–water partition coefficient (Wildman–Crippen LogP) is 4.71. The maximum Gasteiger partial charge on any atom is 0.269 e. The maximum absolute atomic E-state index is 12.0. The molecule has 1 saturated carbocycles. The molecule has 5 nitrogen and oxygen atoms in total. The molecule has 1 aliphatic carbocycles. The number of carbonyl (C=O) groups excluding carboxylic acids is 1. The second kappa shape index (κ2) is 6.94. The molecule has 1 atom stereocenters. The molecule has 0 spiro atoms. The Balaban J connectivity index is 1.76. The standard InChI is InChI=1S/C25H26N4O/c1-14-10-18(11-14)17-8-9-21-20(12-17)22(19-7-5-4-6-15(19)2)28-16(3)24-23(25(26)30)27-13-29(21)24/h4-9,12-14,16,18H,10-11H2,1-3H3,(H2,26,30). The number of nitrogens with zero attached hydrogens (tertiary/aromatic N) is 3. The number of benzene rings is 2. The Bertz CT molecular complexity index is 1180. The molecule has 0 saturated heterocycles. The number of aromatic nitrogens is 2. The number of amides is 1. The van der Waals surface area contributed by atoms with Crippen molar-refractivity contribution in [2.75, 3.05) is 0 Å². The second-order valence-electron chi connectivity index (χ2n) is 8.73. The van der Waals surface area contributed by atoms with Gasteiger partial charge in [0.05, 0.1) is 23.1 Å². The van der Waals surface area contributed by atoms with Crippen molar-refractivity contribution in [1.82, 2.24) is 9.55 Å². The van der Waals surface area contributed by atoms with Gasteiger partial charge in [0.15, 0.2) is 5.69 Å². The van der Waals surface area contributed by atoms with Gasteiger partial charge in [0.2, 0.25) is 0 Å². The number of imidazole rings is 1. The minimum Gasteiger partial charge on any atom is -0.364 e. The largest absolute Gasteiger partial charge is 0.364 e. The van der Waals surface area contributed by atoms with E-state index in [0.29, 0.717) is 11.6 Å². The molecule has 5 rings (SSSR count). The summed E-state index contributed by atoms with van der Waals surface area (Å²) in [6.07, 6.45) is 4.16. The van der Waals surface area contributed by atoms with Crippen molar-refractivity contribution in [2.24, 2.45) is 16.6 Å². The summed E-state index contributed by atoms with van der Waals surface area (Å²) in [5, 5.41) is 0. The van der Waals surface area contributed by atoms with Crippen LogP contribution in [0.3, 0.4) is 0 Å². The van der Waals surface area contributed by atoms with Gasteiger partial charge in [0, 0.05) is 11.1 Å². The van der Waals surface area contributed by atoms with Crippen molar-refractivity contribution in [3.8, 4) is 5.69 Å². The van der Waals surface area contributed by atoms with Crippen molar-refractivity contribution in [3.63, 3.8) is 0 Å². The zero-order valence-corrected chi connectivity index (χ0v) is 17.6. The van der Waals surface area contributed by atoms with Gasteiger partial charge in [-0.3, -0.25) is 14.4 Å². The first-order valence-corrected chi connectivity index (χ1v) is 10.6. The second-order valence-corrected chi connectivity index (χ2v) is 8.73. The number of primary amides is 1. The van der Waals surface area contributed by atoms with Crippen LogP contribution in [-0.2, 0) is 0 Å². The van der Waals surface area contributed by atoms with E-state index >= 15 is 0 Å². The van der Waals surface area contributed by atoms with Crippen LogP contribution in [0.25, 0.3) is 5.69 Å². The molecule has 1 amide bonds. The van der Waals surface area contributed by atoms with Crippen molar-refractivity contribution in [1.29, 1.82) is 0 Å². The third kappa shape index (κ3) is 2.88. The number of aliphatic imine (C=N–C) groups is 1. The number of carbonyl (C=O) groups is 1. The van der Waals surface area contributed by atoms with E-state index in [1.165, 1.54) is 24.0 Å². The Labute approximate surface area is 176 Å². The van der Waals surface area contributed by atoms with E-state index < -0.39 is 5.91 Å². The molecular weight excluding hydrogens is 372 g/mol. The molecule has 2 heterocycles. The van der Waals surface area contributed by atoms with Gasteiger partial charge >= 0.3 is 0 Å². The number of nitrogens with two attached hydrogens (primary N) is 1. The molecule has 0 bridgehead atoms. The van der Waals surface area contributed by atoms with Crippen LogP contribution in [-0.4, -0.2) is 21.2 Å². The molecule has 2 N–H and O–H groups in total. The first-order chi connectivity index (χ1) is 14.4. The summed E-state index contributed by atoms with van der Waals surface area (Å²) in [6.45, 7) is 6.42. The Hall–Kier alpha value is -3.21. The third-order valence-electron chi connectivity index (χ3n) is 6.54. The van der Waals surface area contributed by atoms with Crippen LogP contribution in [0, 0.1) is 12.8 Å². The highest BCUT2D eigenvalue weighted by atomic mass is 16.1. The topological polar surface area (TPSA) is 73.3 Å². The number of hydrogen-bond acceptors (Lipinski definition) is 3. The fourth-order valence-electron chi connectivity index (χ4n) is 4.90. The lowest BCUT2D eigenvalue weighted by atomic mass is 9.72. The molecule has 1 unspecified atom stereocenters. The van der Waals surface area contributed by atoms with Gasteiger partial charge in [-0.05, 0) is 61.8 Å². The molecule has 30 heavy (non-hydrogen) atoms. The lowest BCUT2D eigenvalue weighted by molar-refractivity contribution is 0.0994. The summed E-state index contributed by atoms with van der Waals surface area (Å²) < 4.78 is 1.99. The number of aryl methyl sites for hydroxylation is 1. The minimum atomic E-state index is -0.522. The summed E-state index contributed by atoms with van der Waals surface area (Å²) in [5.41, 5.74) is 13.4. The van der Waals surface area contributed by atoms with Crippen LogP contribution in [0.2, 0.25) is 0 Å². The monoisotopic (exact) mass is 398 g/mol. The van der Waals surface area contributed by atoms with Crippen molar-refractivity contribution in [2.45, 2.75) is 45.6 Å². The molecule has 1 aromatic heterocycles. The fraction of sp³-hybridized carbons (Fsp3) is 0.320. The predicted molar refractivity (Wildman–Crippen MR) is 118 cm³/mol. The Morgan fingerprint density at radius 2 is 1.87 bits per heavy atom. The Morgan fingerprint density at radius 1 is 1.10 bits per heavy atom. The average molecular weight is 399 g/mol. The van der Waals surface area contributed by atoms with Crippen LogP contribution < -0.4 is 5.73 Å². The molecular formula is C25H26N4O. The number of rotatable bonds is 3. The molecule has 1 aliphatic heterocycles. The van der Waals surface area contributed by atoms with E-state index in [0.717, 1.165) is 34.1 Å². The van der Waals surface area contributed by atoms with E-state index in [4.69, 9.17) is 10.7 Å². The van der Waals surface area contributed by atoms with E-state index in [1.807, 2.05) is 23.6 Å². The highest BCUT2D eigenvalue weighted by Crippen LogP contribution is 2.43. The zero-order chi connectivity index (χ0) is 21.0. The van der Waals surface area contributed by atoms with Gasteiger partial charge in [-0.25, -0.2) is 4.98 Å². The summed E-state index contributed by atoms with van der Waals surface area (Å²) in [7, 11) is 0. The molecule has 3 aromatic rings.